The normalized spacial score (nSPS) is 13.5. The maximum Gasteiger partial charge on any atom is 0.186 e. The highest BCUT2D eigenvalue weighted by molar-refractivity contribution is 6.71. The zero-order chi connectivity index (χ0) is 9.83. The molecule has 0 unspecified atom stereocenters. The smallest absolute Gasteiger partial charge is 0.186 e. The molecule has 2 heteroatoms. The fraction of sp³-hybridized carbons (Fsp3) is 1.00. The molecule has 0 fully saturated rings. The van der Waals surface area contributed by atoms with Crippen LogP contribution < -0.4 is 0 Å². The molecule has 0 rings (SSSR count). The Hall–Kier alpha value is 0.177. The van der Waals surface area contributed by atoms with E-state index in [1.165, 1.54) is 18.9 Å². The van der Waals surface area contributed by atoms with E-state index in [9.17, 15) is 0 Å². The lowest BCUT2D eigenvalue weighted by atomic mass is 9.91. The van der Waals surface area contributed by atoms with Crippen LogP contribution in [0.2, 0.25) is 19.1 Å². The largest absolute Gasteiger partial charge is 0.420 e. The molecule has 0 spiro atoms. The summed E-state index contributed by atoms with van der Waals surface area (Å²) in [6.45, 7) is 11.5. The first-order chi connectivity index (χ1) is 5.27. The van der Waals surface area contributed by atoms with Gasteiger partial charge in [0, 0.05) is 7.11 Å². The molecule has 0 aliphatic rings. The summed E-state index contributed by atoms with van der Waals surface area (Å²) < 4.78 is 5.49. The third-order valence-corrected chi connectivity index (χ3v) is 4.92. The summed E-state index contributed by atoms with van der Waals surface area (Å²) in [7, 11) is 0.573. The van der Waals surface area contributed by atoms with E-state index in [1.54, 1.807) is 0 Å². The van der Waals surface area contributed by atoms with Gasteiger partial charge >= 0.3 is 0 Å². The highest BCUT2D eigenvalue weighted by Crippen LogP contribution is 2.24. The van der Waals surface area contributed by atoms with E-state index in [4.69, 9.17) is 4.43 Å². The van der Waals surface area contributed by atoms with Gasteiger partial charge in [-0.15, -0.1) is 0 Å². The number of rotatable bonds is 4. The molecule has 0 saturated heterocycles. The van der Waals surface area contributed by atoms with Crippen molar-refractivity contribution in [3.8, 4) is 0 Å². The van der Waals surface area contributed by atoms with Crippen molar-refractivity contribution in [2.75, 3.05) is 7.11 Å². The Morgan fingerprint density at radius 3 is 2.00 bits per heavy atom. The van der Waals surface area contributed by atoms with Crippen LogP contribution in [-0.4, -0.2) is 15.4 Å². The van der Waals surface area contributed by atoms with Crippen molar-refractivity contribution in [3.63, 3.8) is 0 Å². The molecule has 0 saturated carbocycles. The summed E-state index contributed by atoms with van der Waals surface area (Å²) in [6, 6.07) is 1.29. The van der Waals surface area contributed by atoms with Crippen LogP contribution in [0, 0.1) is 5.41 Å². The molecule has 0 radical (unpaired) electrons. The Morgan fingerprint density at radius 1 is 1.17 bits per heavy atom. The lowest BCUT2D eigenvalue weighted by Crippen LogP contribution is -2.28. The van der Waals surface area contributed by atoms with Gasteiger partial charge in [0.15, 0.2) is 8.32 Å². The predicted molar refractivity (Wildman–Crippen MR) is 58.0 cm³/mol. The molecule has 0 N–H and O–H groups in total. The van der Waals surface area contributed by atoms with Crippen molar-refractivity contribution in [3.05, 3.63) is 0 Å². The van der Waals surface area contributed by atoms with E-state index in [0.717, 1.165) is 0 Å². The van der Waals surface area contributed by atoms with Crippen molar-refractivity contribution >= 4 is 8.32 Å². The summed E-state index contributed by atoms with van der Waals surface area (Å²) in [6.07, 6.45) is 2.63. The third-order valence-electron chi connectivity index (χ3n) is 2.26. The first-order valence-electron chi connectivity index (χ1n) is 4.82. The van der Waals surface area contributed by atoms with Gasteiger partial charge in [-0.3, -0.25) is 0 Å². The molecular weight excluding hydrogens is 164 g/mol. The maximum absolute atomic E-state index is 5.49. The fourth-order valence-corrected chi connectivity index (χ4v) is 2.38. The van der Waals surface area contributed by atoms with Gasteiger partial charge < -0.3 is 4.43 Å². The first kappa shape index (κ1) is 12.2. The summed E-state index contributed by atoms with van der Waals surface area (Å²) in [5, 5.41) is 0. The van der Waals surface area contributed by atoms with Crippen LogP contribution in [0.15, 0.2) is 0 Å². The van der Waals surface area contributed by atoms with Crippen molar-refractivity contribution in [2.24, 2.45) is 5.41 Å². The van der Waals surface area contributed by atoms with E-state index in [0.29, 0.717) is 5.41 Å². The third kappa shape index (κ3) is 6.86. The second-order valence-corrected chi connectivity index (χ2v) is 9.81. The zero-order valence-electron chi connectivity index (χ0n) is 9.53. The molecular formula is C10H24OSi. The Balaban J connectivity index is 3.57. The van der Waals surface area contributed by atoms with Gasteiger partial charge in [0.25, 0.3) is 0 Å². The second-order valence-electron chi connectivity index (χ2n) is 5.38. The standard InChI is InChI=1S/C10H24OSi/c1-10(2,3)8-7-9-12(5,6)11-4/h7-9H2,1-6H3. The minimum absolute atomic E-state index is 0.484. The van der Waals surface area contributed by atoms with Gasteiger partial charge in [0.1, 0.15) is 0 Å². The number of hydrogen-bond donors (Lipinski definition) is 0. The minimum atomic E-state index is -1.28. The van der Waals surface area contributed by atoms with E-state index >= 15 is 0 Å². The van der Waals surface area contributed by atoms with E-state index < -0.39 is 8.32 Å². The van der Waals surface area contributed by atoms with Crippen LogP contribution in [0.3, 0.4) is 0 Å². The Kier molecular flexibility index (Phi) is 4.49. The molecule has 0 aromatic carbocycles. The van der Waals surface area contributed by atoms with Crippen molar-refractivity contribution < 1.29 is 4.43 Å². The number of hydrogen-bond acceptors (Lipinski definition) is 1. The van der Waals surface area contributed by atoms with Gasteiger partial charge in [-0.05, 0) is 31.0 Å². The Bertz CT molecular complexity index is 124. The van der Waals surface area contributed by atoms with Crippen molar-refractivity contribution in [2.45, 2.75) is 52.8 Å². The summed E-state index contributed by atoms with van der Waals surface area (Å²) in [5.74, 6) is 0. The van der Waals surface area contributed by atoms with Crippen LogP contribution >= 0.6 is 0 Å². The molecule has 12 heavy (non-hydrogen) atoms. The van der Waals surface area contributed by atoms with Gasteiger partial charge in [-0.2, -0.15) is 0 Å². The molecule has 1 nitrogen and oxygen atoms in total. The minimum Gasteiger partial charge on any atom is -0.420 e. The van der Waals surface area contributed by atoms with Crippen molar-refractivity contribution in [1.82, 2.24) is 0 Å². The second kappa shape index (κ2) is 4.42. The lowest BCUT2D eigenvalue weighted by molar-refractivity contribution is 0.360. The first-order valence-corrected chi connectivity index (χ1v) is 7.93. The molecule has 0 aromatic heterocycles. The van der Waals surface area contributed by atoms with Crippen LogP contribution in [0.4, 0.5) is 0 Å². The molecule has 0 aromatic rings. The highest BCUT2D eigenvalue weighted by Gasteiger charge is 2.21. The molecule has 0 amide bonds. The average Bonchev–Trinajstić information content (AvgIpc) is 1.84. The molecule has 74 valence electrons. The Morgan fingerprint density at radius 2 is 1.67 bits per heavy atom. The topological polar surface area (TPSA) is 9.23 Å². The fourth-order valence-electron chi connectivity index (χ4n) is 1.15. The van der Waals surface area contributed by atoms with Gasteiger partial charge in [-0.25, -0.2) is 0 Å². The average molecular weight is 188 g/mol. The summed E-state index contributed by atoms with van der Waals surface area (Å²) in [5.41, 5.74) is 0.484. The van der Waals surface area contributed by atoms with Crippen molar-refractivity contribution in [1.29, 1.82) is 0 Å². The molecule has 0 aliphatic carbocycles. The SMILES string of the molecule is CO[Si](C)(C)CCCC(C)(C)C. The van der Waals surface area contributed by atoms with Crippen LogP contribution in [0.5, 0.6) is 0 Å². The quantitative estimate of drug-likeness (QED) is 0.612. The zero-order valence-corrected chi connectivity index (χ0v) is 10.5. The van der Waals surface area contributed by atoms with Gasteiger partial charge in [0.05, 0.1) is 0 Å². The molecule has 0 atom stereocenters. The molecule has 0 bridgehead atoms. The van der Waals surface area contributed by atoms with E-state index in [-0.39, 0.29) is 0 Å². The summed E-state index contributed by atoms with van der Waals surface area (Å²) in [4.78, 5) is 0. The molecule has 0 heterocycles. The van der Waals surface area contributed by atoms with E-state index in [1.807, 2.05) is 7.11 Å². The lowest BCUT2D eigenvalue weighted by Gasteiger charge is -2.23. The summed E-state index contributed by atoms with van der Waals surface area (Å²) >= 11 is 0. The Labute approximate surface area is 78.6 Å². The highest BCUT2D eigenvalue weighted by atomic mass is 28.4. The molecule has 0 aliphatic heterocycles. The maximum atomic E-state index is 5.49. The van der Waals surface area contributed by atoms with Crippen LogP contribution in [0.1, 0.15) is 33.6 Å². The van der Waals surface area contributed by atoms with Crippen LogP contribution in [-0.2, 0) is 4.43 Å². The predicted octanol–water partition coefficient (Wildman–Crippen LogP) is 3.66. The van der Waals surface area contributed by atoms with Gasteiger partial charge in [0.2, 0.25) is 0 Å². The van der Waals surface area contributed by atoms with Crippen LogP contribution in [0.25, 0.3) is 0 Å². The van der Waals surface area contributed by atoms with Gasteiger partial charge in [-0.1, -0.05) is 27.2 Å². The van der Waals surface area contributed by atoms with E-state index in [2.05, 4.69) is 33.9 Å². The monoisotopic (exact) mass is 188 g/mol.